The van der Waals surface area contributed by atoms with Gasteiger partial charge in [0.15, 0.2) is 5.65 Å². The van der Waals surface area contributed by atoms with E-state index in [0.29, 0.717) is 24.6 Å². The van der Waals surface area contributed by atoms with E-state index in [-0.39, 0.29) is 11.7 Å². The molecule has 0 aromatic carbocycles. The summed E-state index contributed by atoms with van der Waals surface area (Å²) in [5, 5.41) is 11.4. The molecule has 0 unspecified atom stereocenters. The first-order valence-corrected chi connectivity index (χ1v) is 7.99. The molecule has 0 bridgehead atoms. The summed E-state index contributed by atoms with van der Waals surface area (Å²) >= 11 is 0. The Bertz CT molecular complexity index is 871. The Morgan fingerprint density at radius 2 is 1.84 bits per heavy atom. The summed E-state index contributed by atoms with van der Waals surface area (Å²) in [6.45, 7) is 1.43. The first-order valence-electron chi connectivity index (χ1n) is 7.99. The van der Waals surface area contributed by atoms with Crippen LogP contribution in [0.2, 0.25) is 0 Å². The van der Waals surface area contributed by atoms with Gasteiger partial charge in [0.25, 0.3) is 6.43 Å². The fraction of sp³-hybridized carbons (Fsp3) is 0.375. The fourth-order valence-corrected chi connectivity index (χ4v) is 3.13. The van der Waals surface area contributed by atoms with Crippen molar-refractivity contribution in [3.63, 3.8) is 0 Å². The Morgan fingerprint density at radius 3 is 2.52 bits per heavy atom. The number of piperidine rings is 1. The Morgan fingerprint density at radius 1 is 1.04 bits per heavy atom. The van der Waals surface area contributed by atoms with Gasteiger partial charge < -0.3 is 4.90 Å². The average molecular weight is 348 g/mol. The van der Waals surface area contributed by atoms with Gasteiger partial charge in [-0.3, -0.25) is 4.98 Å². The van der Waals surface area contributed by atoms with E-state index in [1.165, 1.54) is 12.3 Å². The number of rotatable bonds is 3. The Balaban J connectivity index is 1.51. The molecular formula is C16H15F3N6. The van der Waals surface area contributed by atoms with Crippen molar-refractivity contribution >= 4 is 11.5 Å². The first kappa shape index (κ1) is 15.8. The summed E-state index contributed by atoms with van der Waals surface area (Å²) in [4.78, 5) is 6.19. The van der Waals surface area contributed by atoms with Crippen LogP contribution >= 0.6 is 0 Å². The Hall–Kier alpha value is -2.71. The minimum absolute atomic E-state index is 0.257. The minimum Gasteiger partial charge on any atom is -0.355 e. The third-order valence-corrected chi connectivity index (χ3v) is 4.46. The van der Waals surface area contributed by atoms with Crippen molar-refractivity contribution < 1.29 is 13.2 Å². The summed E-state index contributed by atoms with van der Waals surface area (Å²) in [6.07, 6.45) is 0.174. The van der Waals surface area contributed by atoms with Crippen LogP contribution in [0.25, 0.3) is 5.65 Å². The van der Waals surface area contributed by atoms with Crippen LogP contribution in [0.5, 0.6) is 0 Å². The SMILES string of the molecule is Fc1ccc(C2CCN(c3ccc4nnc(C(F)F)n4n3)CC2)nc1. The lowest BCUT2D eigenvalue weighted by Crippen LogP contribution is -2.34. The van der Waals surface area contributed by atoms with Gasteiger partial charge in [-0.15, -0.1) is 15.3 Å². The number of nitrogens with zero attached hydrogens (tertiary/aromatic N) is 6. The van der Waals surface area contributed by atoms with Gasteiger partial charge in [-0.05, 0) is 37.1 Å². The molecule has 1 fully saturated rings. The van der Waals surface area contributed by atoms with Crippen LogP contribution in [0.4, 0.5) is 19.0 Å². The Kier molecular flexibility index (Phi) is 3.98. The lowest BCUT2D eigenvalue weighted by molar-refractivity contribution is 0.137. The van der Waals surface area contributed by atoms with Crippen LogP contribution in [-0.2, 0) is 0 Å². The number of hydrogen-bond acceptors (Lipinski definition) is 5. The quantitative estimate of drug-likeness (QED) is 0.728. The molecule has 0 radical (unpaired) electrons. The van der Waals surface area contributed by atoms with Gasteiger partial charge in [0.1, 0.15) is 11.6 Å². The normalized spacial score (nSPS) is 16.1. The maximum atomic E-state index is 13.0. The van der Waals surface area contributed by atoms with Crippen molar-refractivity contribution in [1.29, 1.82) is 0 Å². The maximum absolute atomic E-state index is 13.0. The van der Waals surface area contributed by atoms with Gasteiger partial charge >= 0.3 is 0 Å². The van der Waals surface area contributed by atoms with Gasteiger partial charge in [-0.2, -0.15) is 4.52 Å². The second kappa shape index (κ2) is 6.30. The number of halogens is 3. The monoisotopic (exact) mass is 348 g/mol. The molecule has 0 saturated carbocycles. The van der Waals surface area contributed by atoms with Gasteiger partial charge in [0, 0.05) is 24.7 Å². The average Bonchev–Trinajstić information content (AvgIpc) is 3.06. The summed E-state index contributed by atoms with van der Waals surface area (Å²) in [5.74, 6) is 0.0662. The number of anilines is 1. The summed E-state index contributed by atoms with van der Waals surface area (Å²) in [6, 6.07) is 6.53. The highest BCUT2D eigenvalue weighted by atomic mass is 19.3. The number of hydrogen-bond donors (Lipinski definition) is 0. The van der Waals surface area contributed by atoms with Gasteiger partial charge in [-0.1, -0.05) is 0 Å². The van der Waals surface area contributed by atoms with Crippen molar-refractivity contribution in [2.45, 2.75) is 25.2 Å². The van der Waals surface area contributed by atoms with Crippen molar-refractivity contribution in [2.75, 3.05) is 18.0 Å². The van der Waals surface area contributed by atoms with Crippen LogP contribution in [0.15, 0.2) is 30.5 Å². The molecule has 0 spiro atoms. The third kappa shape index (κ3) is 3.01. The second-order valence-electron chi connectivity index (χ2n) is 5.98. The molecule has 25 heavy (non-hydrogen) atoms. The largest absolute Gasteiger partial charge is 0.355 e. The predicted molar refractivity (Wildman–Crippen MR) is 84.1 cm³/mol. The molecule has 0 N–H and O–H groups in total. The molecule has 9 heteroatoms. The molecule has 4 heterocycles. The number of pyridine rings is 1. The predicted octanol–water partition coefficient (Wildman–Crippen LogP) is 2.98. The number of aromatic nitrogens is 5. The van der Waals surface area contributed by atoms with Crippen molar-refractivity contribution in [2.24, 2.45) is 0 Å². The molecule has 6 nitrogen and oxygen atoms in total. The van der Waals surface area contributed by atoms with E-state index in [9.17, 15) is 13.2 Å². The van der Waals surface area contributed by atoms with Crippen LogP contribution in [-0.4, -0.2) is 37.9 Å². The van der Waals surface area contributed by atoms with Crippen molar-refractivity contribution in [1.82, 2.24) is 24.8 Å². The molecule has 3 aromatic heterocycles. The highest BCUT2D eigenvalue weighted by molar-refractivity contribution is 5.46. The molecule has 0 aliphatic carbocycles. The summed E-state index contributed by atoms with van der Waals surface area (Å²) in [5.41, 5.74) is 1.17. The highest BCUT2D eigenvalue weighted by Crippen LogP contribution is 2.29. The lowest BCUT2D eigenvalue weighted by Gasteiger charge is -2.32. The van der Waals surface area contributed by atoms with E-state index < -0.39 is 12.2 Å². The highest BCUT2D eigenvalue weighted by Gasteiger charge is 2.24. The van der Waals surface area contributed by atoms with E-state index in [1.807, 2.05) is 4.90 Å². The fourth-order valence-electron chi connectivity index (χ4n) is 3.13. The minimum atomic E-state index is -2.73. The summed E-state index contributed by atoms with van der Waals surface area (Å²) in [7, 11) is 0. The molecule has 1 aliphatic heterocycles. The molecule has 3 aromatic rings. The van der Waals surface area contributed by atoms with E-state index in [4.69, 9.17) is 0 Å². The van der Waals surface area contributed by atoms with E-state index in [2.05, 4.69) is 20.3 Å². The molecular weight excluding hydrogens is 333 g/mol. The van der Waals surface area contributed by atoms with E-state index in [0.717, 1.165) is 23.1 Å². The van der Waals surface area contributed by atoms with E-state index >= 15 is 0 Å². The van der Waals surface area contributed by atoms with Crippen LogP contribution in [0, 0.1) is 5.82 Å². The zero-order chi connectivity index (χ0) is 17.4. The zero-order valence-electron chi connectivity index (χ0n) is 13.2. The van der Waals surface area contributed by atoms with Gasteiger partial charge in [0.05, 0.1) is 6.20 Å². The van der Waals surface area contributed by atoms with Crippen LogP contribution < -0.4 is 4.90 Å². The zero-order valence-corrected chi connectivity index (χ0v) is 13.2. The molecule has 1 saturated heterocycles. The smallest absolute Gasteiger partial charge is 0.299 e. The van der Waals surface area contributed by atoms with Crippen LogP contribution in [0.3, 0.4) is 0 Å². The Labute approximate surface area is 141 Å². The first-order chi connectivity index (χ1) is 12.1. The number of alkyl halides is 2. The lowest BCUT2D eigenvalue weighted by atomic mass is 9.93. The molecule has 4 rings (SSSR count). The molecule has 0 atom stereocenters. The van der Waals surface area contributed by atoms with Crippen LogP contribution in [0.1, 0.15) is 36.7 Å². The maximum Gasteiger partial charge on any atom is 0.299 e. The molecule has 1 aliphatic rings. The second-order valence-corrected chi connectivity index (χ2v) is 5.98. The van der Waals surface area contributed by atoms with E-state index in [1.54, 1.807) is 18.2 Å². The molecule has 0 amide bonds. The van der Waals surface area contributed by atoms with Crippen molar-refractivity contribution in [3.8, 4) is 0 Å². The number of fused-ring (bicyclic) bond motifs is 1. The molecule has 130 valence electrons. The summed E-state index contributed by atoms with van der Waals surface area (Å²) < 4.78 is 40.0. The van der Waals surface area contributed by atoms with Gasteiger partial charge in [-0.25, -0.2) is 13.2 Å². The third-order valence-electron chi connectivity index (χ3n) is 4.46. The van der Waals surface area contributed by atoms with Gasteiger partial charge in [0.2, 0.25) is 5.82 Å². The van der Waals surface area contributed by atoms with Crippen molar-refractivity contribution in [3.05, 3.63) is 47.8 Å². The topological polar surface area (TPSA) is 59.2 Å². The standard InChI is InChI=1S/C16H15F3N6/c17-11-1-2-12(20-9-11)10-5-7-24(8-6-10)14-4-3-13-21-22-16(15(18)19)25(13)23-14/h1-4,9-10,15H,5-8H2.